The lowest BCUT2D eigenvalue weighted by Gasteiger charge is -2.08. The second-order valence-electron chi connectivity index (χ2n) is 9.24. The van der Waals surface area contributed by atoms with E-state index in [0.717, 1.165) is 33.5 Å². The van der Waals surface area contributed by atoms with E-state index in [9.17, 15) is 0 Å². The second kappa shape index (κ2) is 9.86. The smallest absolute Gasteiger partial charge is 0.178 e. The van der Waals surface area contributed by atoms with Gasteiger partial charge in [0.2, 0.25) is 0 Å². The first-order chi connectivity index (χ1) is 19.2. The molecule has 0 saturated carbocycles. The number of aromatic nitrogens is 6. The van der Waals surface area contributed by atoms with Crippen LogP contribution in [0.15, 0.2) is 90.7 Å². The van der Waals surface area contributed by atoms with Gasteiger partial charge >= 0.3 is 0 Å². The van der Waals surface area contributed by atoms with Crippen LogP contribution in [0.5, 0.6) is 0 Å². The summed E-state index contributed by atoms with van der Waals surface area (Å²) in [4.78, 5) is 18.1. The molecule has 0 aliphatic carbocycles. The van der Waals surface area contributed by atoms with Crippen molar-refractivity contribution < 1.29 is 4.39 Å². The summed E-state index contributed by atoms with van der Waals surface area (Å²) in [5.41, 5.74) is 7.00. The highest BCUT2D eigenvalue weighted by atomic mass is 32.1. The molecule has 7 rings (SSSR count). The number of halogens is 1. The maximum atomic E-state index is 15.3. The number of nitrogens with one attached hydrogen (secondary N) is 3. The quantitative estimate of drug-likeness (QED) is 0.212. The Balaban J connectivity index is 1.23. The average Bonchev–Trinajstić information content (AvgIpc) is 3.73. The third kappa shape index (κ3) is 4.47. The van der Waals surface area contributed by atoms with Gasteiger partial charge in [0.05, 0.1) is 11.0 Å². The lowest BCUT2D eigenvalue weighted by Crippen LogP contribution is -2.12. The molecule has 190 valence electrons. The van der Waals surface area contributed by atoms with Gasteiger partial charge in [0.15, 0.2) is 11.5 Å². The van der Waals surface area contributed by atoms with E-state index in [2.05, 4.69) is 48.7 Å². The molecule has 0 aliphatic rings. The standard InChI is InChI=1S/C30H22FN7S/c31-24-13-25-23(12-22(24)20-11-19(16-33-17-20)15-32-14-18-5-2-1-3-6-18)28(38-37-25)30-35-27-21(26-7-4-10-39-26)8-9-34-29(27)36-30/h1-13,16-17,32H,14-15H2,(H,37,38)(H,34,35,36). The number of hydrogen-bond acceptors (Lipinski definition) is 6. The molecule has 0 unspecified atom stereocenters. The zero-order chi connectivity index (χ0) is 26.2. The topological polar surface area (TPSA) is 95.2 Å². The van der Waals surface area contributed by atoms with Gasteiger partial charge in [-0.05, 0) is 40.8 Å². The Hall–Kier alpha value is -4.73. The van der Waals surface area contributed by atoms with Crippen LogP contribution >= 0.6 is 11.3 Å². The number of fused-ring (bicyclic) bond motifs is 2. The molecule has 39 heavy (non-hydrogen) atoms. The molecule has 5 heterocycles. The lowest BCUT2D eigenvalue weighted by molar-refractivity contribution is 0.632. The summed E-state index contributed by atoms with van der Waals surface area (Å²) in [6, 6.07) is 21.5. The molecule has 3 N–H and O–H groups in total. The number of H-pyrrole nitrogens is 2. The van der Waals surface area contributed by atoms with Crippen molar-refractivity contribution in [1.82, 2.24) is 35.5 Å². The Morgan fingerprint density at radius 3 is 2.67 bits per heavy atom. The normalized spacial score (nSPS) is 11.5. The predicted molar refractivity (Wildman–Crippen MR) is 152 cm³/mol. The van der Waals surface area contributed by atoms with Crippen molar-refractivity contribution >= 4 is 33.4 Å². The van der Waals surface area contributed by atoms with E-state index in [1.165, 1.54) is 11.6 Å². The molecule has 0 amide bonds. The molecule has 9 heteroatoms. The first-order valence-electron chi connectivity index (χ1n) is 12.5. The van der Waals surface area contributed by atoms with Crippen molar-refractivity contribution in [1.29, 1.82) is 0 Å². The van der Waals surface area contributed by atoms with Crippen molar-refractivity contribution in [2.24, 2.45) is 0 Å². The van der Waals surface area contributed by atoms with Crippen molar-refractivity contribution in [2.75, 3.05) is 0 Å². The maximum Gasteiger partial charge on any atom is 0.178 e. The number of aromatic amines is 2. The van der Waals surface area contributed by atoms with E-state index in [1.807, 2.05) is 47.8 Å². The number of benzene rings is 2. The average molecular weight is 532 g/mol. The van der Waals surface area contributed by atoms with Gasteiger partial charge in [-0.3, -0.25) is 10.1 Å². The van der Waals surface area contributed by atoms with Crippen LogP contribution in [-0.2, 0) is 13.1 Å². The van der Waals surface area contributed by atoms with Crippen molar-refractivity contribution in [3.63, 3.8) is 0 Å². The summed E-state index contributed by atoms with van der Waals surface area (Å²) in [6.07, 6.45) is 5.24. The Morgan fingerprint density at radius 1 is 0.897 bits per heavy atom. The zero-order valence-corrected chi connectivity index (χ0v) is 21.5. The third-order valence-corrected chi connectivity index (χ3v) is 7.56. The van der Waals surface area contributed by atoms with Gasteiger partial charge in [-0.25, -0.2) is 14.4 Å². The molecular weight excluding hydrogens is 509 g/mol. The summed E-state index contributed by atoms with van der Waals surface area (Å²) in [5.74, 6) is 0.224. The van der Waals surface area contributed by atoms with Crippen LogP contribution in [-0.4, -0.2) is 30.1 Å². The molecule has 0 fully saturated rings. The minimum atomic E-state index is -0.347. The summed E-state index contributed by atoms with van der Waals surface area (Å²) >= 11 is 1.66. The molecule has 0 saturated heterocycles. The SMILES string of the molecule is Fc1cc2[nH]nc(-c3nc4nccc(-c5cccs5)c4[nH]3)c2cc1-c1cncc(CNCc2ccccc2)c1. The summed E-state index contributed by atoms with van der Waals surface area (Å²) in [7, 11) is 0. The molecule has 0 spiro atoms. The van der Waals surface area contributed by atoms with Crippen LogP contribution in [0.2, 0.25) is 0 Å². The van der Waals surface area contributed by atoms with Crippen LogP contribution in [0.1, 0.15) is 11.1 Å². The van der Waals surface area contributed by atoms with E-state index < -0.39 is 0 Å². The minimum absolute atomic E-state index is 0.347. The fourth-order valence-electron chi connectivity index (χ4n) is 4.78. The van der Waals surface area contributed by atoms with E-state index in [-0.39, 0.29) is 5.82 Å². The maximum absolute atomic E-state index is 15.3. The number of nitrogens with zero attached hydrogens (tertiary/aromatic N) is 4. The minimum Gasteiger partial charge on any atom is -0.335 e. The Labute approximate surface area is 226 Å². The van der Waals surface area contributed by atoms with Gasteiger partial charge in [-0.2, -0.15) is 5.10 Å². The van der Waals surface area contributed by atoms with Crippen LogP contribution < -0.4 is 5.32 Å². The zero-order valence-electron chi connectivity index (χ0n) is 20.6. The number of hydrogen-bond donors (Lipinski definition) is 3. The summed E-state index contributed by atoms with van der Waals surface area (Å²) < 4.78 is 15.3. The van der Waals surface area contributed by atoms with E-state index in [4.69, 9.17) is 4.98 Å². The largest absolute Gasteiger partial charge is 0.335 e. The van der Waals surface area contributed by atoms with Crippen molar-refractivity contribution in [2.45, 2.75) is 13.1 Å². The van der Waals surface area contributed by atoms with Gasteiger partial charge in [0.25, 0.3) is 0 Å². The Morgan fingerprint density at radius 2 is 1.79 bits per heavy atom. The lowest BCUT2D eigenvalue weighted by atomic mass is 10.0. The van der Waals surface area contributed by atoms with E-state index in [0.29, 0.717) is 40.4 Å². The molecule has 7 aromatic rings. The first kappa shape index (κ1) is 23.4. The monoisotopic (exact) mass is 531 g/mol. The number of pyridine rings is 2. The number of thiophene rings is 1. The van der Waals surface area contributed by atoms with Crippen LogP contribution in [0, 0.1) is 5.82 Å². The van der Waals surface area contributed by atoms with Crippen LogP contribution in [0.3, 0.4) is 0 Å². The van der Waals surface area contributed by atoms with Gasteiger partial charge in [-0.15, -0.1) is 11.3 Å². The van der Waals surface area contributed by atoms with Crippen LogP contribution in [0.4, 0.5) is 4.39 Å². The molecule has 2 aromatic carbocycles. The fourth-order valence-corrected chi connectivity index (χ4v) is 5.54. The van der Waals surface area contributed by atoms with Gasteiger partial charge in [-0.1, -0.05) is 36.4 Å². The first-order valence-corrected chi connectivity index (χ1v) is 13.4. The van der Waals surface area contributed by atoms with Crippen molar-refractivity contribution in [3.05, 3.63) is 108 Å². The van der Waals surface area contributed by atoms with Crippen molar-refractivity contribution in [3.8, 4) is 33.1 Å². The number of rotatable bonds is 7. The second-order valence-corrected chi connectivity index (χ2v) is 10.2. The van der Waals surface area contributed by atoms with Gasteiger partial charge in [0, 0.05) is 64.7 Å². The van der Waals surface area contributed by atoms with Gasteiger partial charge < -0.3 is 10.3 Å². The molecule has 0 aliphatic heterocycles. The molecule has 0 atom stereocenters. The molecule has 7 nitrogen and oxygen atoms in total. The predicted octanol–water partition coefficient (Wildman–Crippen LogP) is 6.72. The molecule has 0 bridgehead atoms. The van der Waals surface area contributed by atoms with E-state index >= 15 is 4.39 Å². The molecular formula is C30H22FN7S. The Kier molecular flexibility index (Phi) is 5.92. The summed E-state index contributed by atoms with van der Waals surface area (Å²) in [5, 5.41) is 13.7. The highest BCUT2D eigenvalue weighted by molar-refractivity contribution is 7.13. The van der Waals surface area contributed by atoms with Gasteiger partial charge in [0.1, 0.15) is 11.5 Å². The Bertz CT molecular complexity index is 1910. The highest BCUT2D eigenvalue weighted by Crippen LogP contribution is 2.34. The molecule has 0 radical (unpaired) electrons. The highest BCUT2D eigenvalue weighted by Gasteiger charge is 2.18. The third-order valence-electron chi connectivity index (χ3n) is 6.66. The fraction of sp³-hybridized carbons (Fsp3) is 0.0667. The number of imidazole rings is 1. The molecule has 5 aromatic heterocycles. The van der Waals surface area contributed by atoms with Crippen LogP contribution in [0.25, 0.3) is 55.2 Å². The summed E-state index contributed by atoms with van der Waals surface area (Å²) in [6.45, 7) is 1.36. The van der Waals surface area contributed by atoms with E-state index in [1.54, 1.807) is 29.9 Å².